The molecule has 0 bridgehead atoms. The van der Waals surface area contributed by atoms with Crippen molar-refractivity contribution in [3.05, 3.63) is 47.8 Å². The Morgan fingerprint density at radius 2 is 1.94 bits per heavy atom. The van der Waals surface area contributed by atoms with E-state index in [0.717, 1.165) is 0 Å². The SMILES string of the molecule is [c]1cc2[nH]c3ccccc3c2c2ccsc12. The fraction of sp³-hybridized carbons (Fsp3) is 0. The van der Waals surface area contributed by atoms with E-state index in [1.54, 1.807) is 11.3 Å². The second-order valence-corrected chi connectivity index (χ2v) is 4.83. The largest absolute Gasteiger partial charge is 0.354 e. The zero-order valence-corrected chi connectivity index (χ0v) is 9.27. The summed E-state index contributed by atoms with van der Waals surface area (Å²) in [7, 11) is 0. The minimum atomic E-state index is 1.17. The van der Waals surface area contributed by atoms with E-state index < -0.39 is 0 Å². The van der Waals surface area contributed by atoms with Crippen LogP contribution in [0.25, 0.3) is 31.9 Å². The van der Waals surface area contributed by atoms with E-state index in [4.69, 9.17) is 0 Å². The summed E-state index contributed by atoms with van der Waals surface area (Å²) in [5.41, 5.74) is 2.37. The molecule has 0 aliphatic carbocycles. The van der Waals surface area contributed by atoms with Crippen LogP contribution in [0.2, 0.25) is 0 Å². The van der Waals surface area contributed by atoms with Gasteiger partial charge in [0.15, 0.2) is 0 Å². The summed E-state index contributed by atoms with van der Waals surface area (Å²) in [6.07, 6.45) is 0. The highest BCUT2D eigenvalue weighted by Gasteiger charge is 2.07. The molecule has 0 atom stereocenters. The predicted octanol–water partition coefficient (Wildman–Crippen LogP) is 4.34. The van der Waals surface area contributed by atoms with Crippen LogP contribution < -0.4 is 0 Å². The third-order valence-corrected chi connectivity index (χ3v) is 3.86. The number of aromatic amines is 1. The number of H-pyrrole nitrogens is 1. The van der Waals surface area contributed by atoms with E-state index in [1.807, 2.05) is 6.07 Å². The van der Waals surface area contributed by atoms with Gasteiger partial charge in [0.1, 0.15) is 0 Å². The molecular weight excluding hydrogens is 214 g/mol. The average molecular weight is 222 g/mol. The van der Waals surface area contributed by atoms with Crippen LogP contribution >= 0.6 is 11.3 Å². The lowest BCUT2D eigenvalue weighted by Crippen LogP contribution is -1.68. The Balaban J connectivity index is 2.42. The summed E-state index contributed by atoms with van der Waals surface area (Å²) in [5.74, 6) is 0. The molecule has 0 saturated heterocycles. The molecule has 2 heteroatoms. The third-order valence-electron chi connectivity index (χ3n) is 3.02. The number of para-hydroxylation sites is 1. The number of thiophene rings is 1. The lowest BCUT2D eigenvalue weighted by Gasteiger charge is -1.93. The molecule has 2 aromatic carbocycles. The molecule has 75 valence electrons. The van der Waals surface area contributed by atoms with E-state index in [2.05, 4.69) is 46.8 Å². The van der Waals surface area contributed by atoms with Crippen LogP contribution in [0, 0.1) is 6.07 Å². The molecule has 4 rings (SSSR count). The van der Waals surface area contributed by atoms with Gasteiger partial charge in [-0.25, -0.2) is 0 Å². The molecule has 0 spiro atoms. The Kier molecular flexibility index (Phi) is 1.50. The summed E-state index contributed by atoms with van der Waals surface area (Å²) in [5, 5.41) is 6.06. The molecule has 1 N–H and O–H groups in total. The Labute approximate surface area is 96.3 Å². The van der Waals surface area contributed by atoms with Gasteiger partial charge in [-0.2, -0.15) is 0 Å². The Bertz CT molecular complexity index is 807. The lowest BCUT2D eigenvalue weighted by atomic mass is 10.1. The number of hydrogen-bond donors (Lipinski definition) is 1. The maximum atomic E-state index is 3.43. The molecule has 2 aromatic heterocycles. The van der Waals surface area contributed by atoms with Crippen molar-refractivity contribution >= 4 is 43.2 Å². The van der Waals surface area contributed by atoms with Gasteiger partial charge in [0.2, 0.25) is 0 Å². The molecule has 16 heavy (non-hydrogen) atoms. The first-order chi connectivity index (χ1) is 7.93. The fourth-order valence-corrected chi connectivity index (χ4v) is 3.08. The molecule has 0 aliphatic rings. The van der Waals surface area contributed by atoms with Gasteiger partial charge in [-0.05, 0) is 23.6 Å². The Morgan fingerprint density at radius 3 is 2.94 bits per heavy atom. The zero-order valence-electron chi connectivity index (χ0n) is 8.45. The van der Waals surface area contributed by atoms with E-state index in [9.17, 15) is 0 Å². The number of hydrogen-bond acceptors (Lipinski definition) is 1. The zero-order chi connectivity index (χ0) is 10.5. The first-order valence-corrected chi connectivity index (χ1v) is 6.10. The minimum absolute atomic E-state index is 1.17. The standard InChI is InChI=1S/C14H8NS/c1-2-4-11-9(3-1)14-10-7-8-16-13(10)6-5-12(14)15-11/h1-5,7-8,15H. The highest BCUT2D eigenvalue weighted by atomic mass is 32.1. The number of nitrogens with one attached hydrogen (secondary N) is 1. The smallest absolute Gasteiger partial charge is 0.0478 e. The van der Waals surface area contributed by atoms with Crippen molar-refractivity contribution in [3.8, 4) is 0 Å². The van der Waals surface area contributed by atoms with Crippen LogP contribution in [0.5, 0.6) is 0 Å². The second-order valence-electron chi connectivity index (χ2n) is 3.91. The van der Waals surface area contributed by atoms with Crippen molar-refractivity contribution < 1.29 is 0 Å². The van der Waals surface area contributed by atoms with Gasteiger partial charge in [-0.1, -0.05) is 18.2 Å². The lowest BCUT2D eigenvalue weighted by molar-refractivity contribution is 1.55. The van der Waals surface area contributed by atoms with Crippen molar-refractivity contribution in [2.75, 3.05) is 0 Å². The normalized spacial score (nSPS) is 11.8. The molecule has 0 saturated carbocycles. The van der Waals surface area contributed by atoms with E-state index in [-0.39, 0.29) is 0 Å². The van der Waals surface area contributed by atoms with Crippen LogP contribution in [0.15, 0.2) is 41.8 Å². The molecule has 1 radical (unpaired) electrons. The van der Waals surface area contributed by atoms with Crippen LogP contribution in [0.3, 0.4) is 0 Å². The van der Waals surface area contributed by atoms with E-state index in [1.165, 1.54) is 31.9 Å². The number of aromatic nitrogens is 1. The van der Waals surface area contributed by atoms with Gasteiger partial charge in [0.05, 0.1) is 0 Å². The van der Waals surface area contributed by atoms with Crippen LogP contribution in [0.1, 0.15) is 0 Å². The third kappa shape index (κ3) is 0.947. The number of benzene rings is 2. The Hall–Kier alpha value is -1.80. The van der Waals surface area contributed by atoms with Crippen LogP contribution in [0.4, 0.5) is 0 Å². The van der Waals surface area contributed by atoms with Gasteiger partial charge < -0.3 is 4.98 Å². The van der Waals surface area contributed by atoms with Crippen molar-refractivity contribution in [2.45, 2.75) is 0 Å². The first kappa shape index (κ1) is 8.36. The quantitative estimate of drug-likeness (QED) is 0.455. The number of fused-ring (bicyclic) bond motifs is 5. The molecule has 1 nitrogen and oxygen atoms in total. The first-order valence-electron chi connectivity index (χ1n) is 5.22. The second kappa shape index (κ2) is 2.86. The van der Waals surface area contributed by atoms with Gasteiger partial charge in [-0.3, -0.25) is 0 Å². The molecule has 2 heterocycles. The summed E-state index contributed by atoms with van der Waals surface area (Å²) in [6.45, 7) is 0. The fourth-order valence-electron chi connectivity index (χ4n) is 2.32. The predicted molar refractivity (Wildman–Crippen MR) is 70.0 cm³/mol. The monoisotopic (exact) mass is 222 g/mol. The Morgan fingerprint density at radius 1 is 1.00 bits per heavy atom. The molecule has 4 aromatic rings. The maximum Gasteiger partial charge on any atom is 0.0478 e. The highest BCUT2D eigenvalue weighted by molar-refractivity contribution is 7.17. The van der Waals surface area contributed by atoms with Crippen molar-refractivity contribution in [1.29, 1.82) is 0 Å². The molecular formula is C14H8NS. The van der Waals surface area contributed by atoms with Crippen molar-refractivity contribution in [1.82, 2.24) is 4.98 Å². The van der Waals surface area contributed by atoms with Crippen molar-refractivity contribution in [3.63, 3.8) is 0 Å². The highest BCUT2D eigenvalue weighted by Crippen LogP contribution is 2.33. The summed E-state index contributed by atoms with van der Waals surface area (Å²) in [6, 6.07) is 16.0. The van der Waals surface area contributed by atoms with Gasteiger partial charge in [0, 0.05) is 38.0 Å². The van der Waals surface area contributed by atoms with Gasteiger partial charge in [0.25, 0.3) is 0 Å². The van der Waals surface area contributed by atoms with Gasteiger partial charge >= 0.3 is 0 Å². The number of rotatable bonds is 0. The maximum absolute atomic E-state index is 3.43. The summed E-state index contributed by atoms with van der Waals surface area (Å²) >= 11 is 1.74. The van der Waals surface area contributed by atoms with E-state index in [0.29, 0.717) is 0 Å². The van der Waals surface area contributed by atoms with Crippen LogP contribution in [-0.4, -0.2) is 4.98 Å². The molecule has 0 fully saturated rings. The minimum Gasteiger partial charge on any atom is -0.354 e. The van der Waals surface area contributed by atoms with Gasteiger partial charge in [-0.15, -0.1) is 11.3 Å². The molecule has 0 aliphatic heterocycles. The molecule has 0 unspecified atom stereocenters. The van der Waals surface area contributed by atoms with Crippen LogP contribution in [-0.2, 0) is 0 Å². The summed E-state index contributed by atoms with van der Waals surface area (Å²) in [4.78, 5) is 3.43. The van der Waals surface area contributed by atoms with Crippen molar-refractivity contribution in [2.24, 2.45) is 0 Å². The molecule has 0 amide bonds. The average Bonchev–Trinajstić information content (AvgIpc) is 2.91. The van der Waals surface area contributed by atoms with E-state index >= 15 is 0 Å². The summed E-state index contributed by atoms with van der Waals surface area (Å²) < 4.78 is 1.23. The topological polar surface area (TPSA) is 15.8 Å².